The molecule has 0 aromatic carbocycles. The van der Waals surface area contributed by atoms with Crippen molar-refractivity contribution in [3.05, 3.63) is 47.0 Å². The van der Waals surface area contributed by atoms with E-state index < -0.39 is 29.2 Å². The van der Waals surface area contributed by atoms with Crippen LogP contribution in [-0.2, 0) is 25.8 Å². The topological polar surface area (TPSA) is 184 Å². The van der Waals surface area contributed by atoms with Gasteiger partial charge in [0.05, 0.1) is 29.5 Å². The Morgan fingerprint density at radius 1 is 1.43 bits per heavy atom. The molecule has 0 radical (unpaired) electrons. The lowest BCUT2D eigenvalue weighted by Crippen LogP contribution is -2.71. The van der Waals surface area contributed by atoms with Crippen LogP contribution in [0.4, 0.5) is 5.13 Å². The summed E-state index contributed by atoms with van der Waals surface area (Å²) in [5.41, 5.74) is 6.60. The maximum absolute atomic E-state index is 13.0. The fourth-order valence-electron chi connectivity index (χ4n) is 3.85. The summed E-state index contributed by atoms with van der Waals surface area (Å²) in [6.45, 7) is 0.176. The lowest BCUT2D eigenvalue weighted by atomic mass is 10.0. The number of carbonyl (C=O) groups is 3. The third-order valence-corrected chi connectivity index (χ3v) is 7.37. The van der Waals surface area contributed by atoms with Gasteiger partial charge in [0.25, 0.3) is 23.8 Å². The molecule has 16 heteroatoms. The molecule has 1 fully saturated rings. The fraction of sp³-hybridized carbons (Fsp3) is 0.263. The number of nitrogen functional groups attached to an aromatic ring is 1. The number of oxime groups is 1. The van der Waals surface area contributed by atoms with Crippen molar-refractivity contribution in [2.45, 2.75) is 18.0 Å². The summed E-state index contributed by atoms with van der Waals surface area (Å²) >= 11 is 2.45. The molecule has 1 saturated heterocycles. The summed E-state index contributed by atoms with van der Waals surface area (Å²) in [4.78, 5) is 47.8. The Bertz CT molecular complexity index is 1410. The molecule has 3 N–H and O–H groups in total. The number of aromatic nitrogens is 5. The van der Waals surface area contributed by atoms with Crippen molar-refractivity contribution in [1.29, 1.82) is 0 Å². The van der Waals surface area contributed by atoms with E-state index in [0.717, 1.165) is 16.2 Å². The predicted octanol–water partition coefficient (Wildman–Crippen LogP) is -2.49. The number of thiazole rings is 1. The highest BCUT2D eigenvalue weighted by Crippen LogP contribution is 2.40. The van der Waals surface area contributed by atoms with Gasteiger partial charge in [0, 0.05) is 21.8 Å². The number of carboxylic acids is 1. The van der Waals surface area contributed by atoms with Gasteiger partial charge in [-0.05, 0) is 11.6 Å². The molecule has 3 aromatic rings. The van der Waals surface area contributed by atoms with Crippen LogP contribution in [0.3, 0.4) is 0 Å². The molecule has 2 aliphatic rings. The van der Waals surface area contributed by atoms with Crippen molar-refractivity contribution in [3.8, 4) is 0 Å². The second-order valence-corrected chi connectivity index (χ2v) is 9.42. The predicted molar refractivity (Wildman–Crippen MR) is 120 cm³/mol. The van der Waals surface area contributed by atoms with Crippen molar-refractivity contribution in [3.63, 3.8) is 0 Å². The smallest absolute Gasteiger partial charge is 0.290 e. The number of thioether (sulfide) groups is 1. The maximum Gasteiger partial charge on any atom is 0.290 e. The number of nitrogens with zero attached hydrogens (tertiary/aromatic N) is 7. The SMILES string of the molecule is CO/N=C(\C(=O)NC1C(=O)N2C(C(=O)[O-])=C(C[n+]3cnn4ncccc43)CS[C@H]12)c1csc(N)n1. The normalized spacial score (nSPS) is 20.0. The monoisotopic (exact) mass is 515 g/mol. The highest BCUT2D eigenvalue weighted by Gasteiger charge is 2.53. The molecule has 180 valence electrons. The molecule has 2 amide bonds. The molecule has 0 bridgehead atoms. The van der Waals surface area contributed by atoms with Gasteiger partial charge in [-0.15, -0.1) is 23.1 Å². The van der Waals surface area contributed by atoms with Gasteiger partial charge in [0.15, 0.2) is 10.8 Å². The number of nitrogens with two attached hydrogens (primary N) is 1. The molecular weight excluding hydrogens is 498 g/mol. The fourth-order valence-corrected chi connectivity index (χ4v) is 5.73. The number of rotatable bonds is 7. The lowest BCUT2D eigenvalue weighted by Gasteiger charge is -2.50. The zero-order valence-electron chi connectivity index (χ0n) is 18.0. The Kier molecular flexibility index (Phi) is 5.81. The average molecular weight is 516 g/mol. The summed E-state index contributed by atoms with van der Waals surface area (Å²) < 4.78 is 3.14. The zero-order chi connectivity index (χ0) is 24.7. The molecule has 0 aliphatic carbocycles. The van der Waals surface area contributed by atoms with Crippen LogP contribution in [-0.4, -0.2) is 72.5 Å². The quantitative estimate of drug-likeness (QED) is 0.148. The van der Waals surface area contributed by atoms with Gasteiger partial charge in [0.2, 0.25) is 0 Å². The van der Waals surface area contributed by atoms with Gasteiger partial charge < -0.3 is 25.8 Å². The molecule has 3 aromatic heterocycles. The van der Waals surface area contributed by atoms with E-state index in [-0.39, 0.29) is 28.8 Å². The number of hydrogen-bond acceptors (Lipinski definition) is 12. The Balaban J connectivity index is 1.37. The molecule has 0 spiro atoms. The maximum atomic E-state index is 13.0. The minimum absolute atomic E-state index is 0.151. The van der Waals surface area contributed by atoms with Crippen LogP contribution < -0.4 is 20.7 Å². The summed E-state index contributed by atoms with van der Waals surface area (Å²) in [5, 5.41) is 27.7. The molecule has 5 heterocycles. The van der Waals surface area contributed by atoms with Crippen molar-refractivity contribution in [2.75, 3.05) is 18.6 Å². The minimum atomic E-state index is -1.47. The van der Waals surface area contributed by atoms with Gasteiger partial charge in [-0.1, -0.05) is 10.3 Å². The van der Waals surface area contributed by atoms with Crippen LogP contribution in [0.25, 0.3) is 5.65 Å². The first kappa shape index (κ1) is 22.7. The molecular formula is C19H17N9O5S2. The van der Waals surface area contributed by atoms with Crippen molar-refractivity contribution in [1.82, 2.24) is 30.0 Å². The first-order chi connectivity index (χ1) is 16.9. The largest absolute Gasteiger partial charge is 0.543 e. The summed E-state index contributed by atoms with van der Waals surface area (Å²) in [6.07, 6.45) is 3.11. The minimum Gasteiger partial charge on any atom is -0.543 e. The summed E-state index contributed by atoms with van der Waals surface area (Å²) in [7, 11) is 1.27. The molecule has 2 aliphatic heterocycles. The van der Waals surface area contributed by atoms with Crippen LogP contribution in [0.1, 0.15) is 5.69 Å². The Labute approximate surface area is 205 Å². The van der Waals surface area contributed by atoms with Gasteiger partial charge in [-0.2, -0.15) is 0 Å². The van der Waals surface area contributed by atoms with Crippen molar-refractivity contribution < 1.29 is 28.9 Å². The van der Waals surface area contributed by atoms with E-state index in [2.05, 4.69) is 25.7 Å². The number of nitrogens with one attached hydrogen (secondary N) is 1. The average Bonchev–Trinajstić information content (AvgIpc) is 3.46. The van der Waals surface area contributed by atoms with E-state index in [1.807, 2.05) is 0 Å². The third kappa shape index (κ3) is 3.95. The zero-order valence-corrected chi connectivity index (χ0v) is 19.7. The number of carbonyl (C=O) groups excluding carboxylic acids is 3. The Hall–Kier alpha value is -4.05. The second kappa shape index (κ2) is 8.95. The van der Waals surface area contributed by atoms with Gasteiger partial charge in [-0.25, -0.2) is 9.55 Å². The van der Waals surface area contributed by atoms with Crippen LogP contribution >= 0.6 is 23.1 Å². The van der Waals surface area contributed by atoms with Crippen LogP contribution in [0.2, 0.25) is 0 Å². The molecule has 1 unspecified atom stereocenters. The van der Waals surface area contributed by atoms with E-state index in [0.29, 0.717) is 17.0 Å². The number of amides is 2. The number of aliphatic carboxylic acids is 1. The number of fused-ring (bicyclic) bond motifs is 2. The molecule has 35 heavy (non-hydrogen) atoms. The van der Waals surface area contributed by atoms with Gasteiger partial charge >= 0.3 is 0 Å². The van der Waals surface area contributed by atoms with E-state index in [4.69, 9.17) is 10.6 Å². The number of hydrogen-bond donors (Lipinski definition) is 2. The highest BCUT2D eigenvalue weighted by atomic mass is 32.2. The van der Waals surface area contributed by atoms with Crippen LogP contribution in [0, 0.1) is 0 Å². The molecule has 2 atom stereocenters. The first-order valence-corrected chi connectivity index (χ1v) is 12.0. The molecule has 14 nitrogen and oxygen atoms in total. The van der Waals surface area contributed by atoms with Crippen molar-refractivity contribution >= 4 is 57.4 Å². The van der Waals surface area contributed by atoms with E-state index in [1.54, 1.807) is 22.9 Å². The van der Waals surface area contributed by atoms with E-state index in [9.17, 15) is 19.5 Å². The number of anilines is 1. The Morgan fingerprint density at radius 2 is 2.26 bits per heavy atom. The van der Waals surface area contributed by atoms with Gasteiger partial charge in [0.1, 0.15) is 24.2 Å². The molecule has 5 rings (SSSR count). The summed E-state index contributed by atoms with van der Waals surface area (Å²) in [6, 6.07) is 2.56. The van der Waals surface area contributed by atoms with E-state index >= 15 is 0 Å². The number of carboxylic acid groups (broad SMARTS) is 1. The third-order valence-electron chi connectivity index (χ3n) is 5.36. The second-order valence-electron chi connectivity index (χ2n) is 7.42. The van der Waals surface area contributed by atoms with Crippen LogP contribution in [0.5, 0.6) is 0 Å². The number of β-lactam (4-membered cyclic amide) rings is 1. The highest BCUT2D eigenvalue weighted by molar-refractivity contribution is 8.00. The Morgan fingerprint density at radius 3 is 2.97 bits per heavy atom. The standard InChI is InChI=1S/C19H17N9O5S2/c1-33-25-12(10-7-35-19(20)23-10)15(29)24-13-16(30)27-14(18(31)32)9(6-34-17(13)27)5-26-8-22-28-11(26)3-2-4-21-28/h2-4,7-8,13,17H,5-6H2,1H3,(H3-,20,23,24,29,31,32)/b25-12-/t13?,17-/m1/s1. The van der Waals surface area contributed by atoms with Crippen molar-refractivity contribution in [2.24, 2.45) is 5.16 Å². The van der Waals surface area contributed by atoms with E-state index in [1.165, 1.54) is 35.2 Å². The molecule has 0 saturated carbocycles. The first-order valence-electron chi connectivity index (χ1n) is 10.1. The van der Waals surface area contributed by atoms with Gasteiger partial charge in [-0.3, -0.25) is 14.5 Å². The van der Waals surface area contributed by atoms with Crippen LogP contribution in [0.15, 0.2) is 46.5 Å². The summed E-state index contributed by atoms with van der Waals surface area (Å²) in [5.74, 6) is -2.45. The lowest BCUT2D eigenvalue weighted by molar-refractivity contribution is -0.664.